The Kier molecular flexibility index (Phi) is 5.15. The van der Waals surface area contributed by atoms with Crippen molar-refractivity contribution in [2.45, 2.75) is 18.9 Å². The third-order valence-corrected chi connectivity index (χ3v) is 5.37. The van der Waals surface area contributed by atoms with Crippen LogP contribution in [0, 0.1) is 0 Å². The zero-order valence-corrected chi connectivity index (χ0v) is 15.3. The molecule has 0 aromatic carbocycles. The van der Waals surface area contributed by atoms with Crippen molar-refractivity contribution < 1.29 is 4.52 Å². The Balaban J connectivity index is 0.00000156. The molecule has 3 aromatic rings. The molecule has 4 rings (SSSR count). The summed E-state index contributed by atoms with van der Waals surface area (Å²) in [5, 5.41) is 14.0. The van der Waals surface area contributed by atoms with Crippen LogP contribution in [0.25, 0.3) is 22.3 Å². The van der Waals surface area contributed by atoms with Gasteiger partial charge >= 0.3 is 0 Å². The lowest BCUT2D eigenvalue weighted by atomic mass is 10.1. The van der Waals surface area contributed by atoms with E-state index in [9.17, 15) is 0 Å². The summed E-state index contributed by atoms with van der Waals surface area (Å²) in [6.07, 6.45) is 4.31. The van der Waals surface area contributed by atoms with Crippen molar-refractivity contribution in [3.63, 3.8) is 0 Å². The Morgan fingerprint density at radius 3 is 3.09 bits per heavy atom. The topological polar surface area (TPSA) is 68.8 Å². The molecule has 1 unspecified atom stereocenters. The monoisotopic (exact) mass is 415 g/mol. The second kappa shape index (κ2) is 7.12. The van der Waals surface area contributed by atoms with Crippen LogP contribution in [0.1, 0.15) is 18.9 Å². The molecule has 0 aliphatic carbocycles. The first-order valence-corrected chi connectivity index (χ1v) is 8.81. The van der Waals surface area contributed by atoms with E-state index >= 15 is 0 Å². The van der Waals surface area contributed by atoms with Crippen molar-refractivity contribution in [2.24, 2.45) is 0 Å². The lowest BCUT2D eigenvalue weighted by Gasteiger charge is -2.22. The summed E-state index contributed by atoms with van der Waals surface area (Å²) in [6.45, 7) is 2.05. The fourth-order valence-corrected chi connectivity index (χ4v) is 3.92. The number of piperidine rings is 1. The van der Waals surface area contributed by atoms with Gasteiger partial charge in [0.1, 0.15) is 0 Å². The van der Waals surface area contributed by atoms with Gasteiger partial charge in [-0.1, -0.05) is 5.16 Å². The lowest BCUT2D eigenvalue weighted by Crippen LogP contribution is -2.31. The molecule has 4 heterocycles. The maximum absolute atomic E-state index is 5.35. The van der Waals surface area contributed by atoms with E-state index in [0.717, 1.165) is 34.6 Å². The summed E-state index contributed by atoms with van der Waals surface area (Å²) in [5.41, 5.74) is 0.722. The zero-order chi connectivity index (χ0) is 14.9. The number of halogens is 2. The van der Waals surface area contributed by atoms with Crippen LogP contribution in [0.4, 0.5) is 0 Å². The first-order valence-electron chi connectivity index (χ1n) is 7.14. The van der Waals surface area contributed by atoms with Gasteiger partial charge in [0.2, 0.25) is 5.82 Å². The first-order chi connectivity index (χ1) is 10.8. The lowest BCUT2D eigenvalue weighted by molar-refractivity contribution is 0.346. The third-order valence-electron chi connectivity index (χ3n) is 3.69. The number of aromatic nitrogens is 4. The molecule has 122 valence electrons. The number of thiophene rings is 1. The number of nitrogens with one attached hydrogen (secondary N) is 1. The van der Waals surface area contributed by atoms with E-state index in [0.29, 0.717) is 17.8 Å². The Labute approximate surface area is 151 Å². The molecule has 6 nitrogen and oxygen atoms in total. The quantitative estimate of drug-likeness (QED) is 0.704. The molecule has 0 radical (unpaired) electrons. The summed E-state index contributed by atoms with van der Waals surface area (Å²) in [7, 11) is 0. The minimum Gasteiger partial charge on any atom is -0.332 e. The molecule has 1 saturated heterocycles. The van der Waals surface area contributed by atoms with E-state index in [1.165, 1.54) is 6.42 Å². The van der Waals surface area contributed by atoms with Gasteiger partial charge in [-0.2, -0.15) is 10.1 Å². The smallest absolute Gasteiger partial charge is 0.278 e. The van der Waals surface area contributed by atoms with Gasteiger partial charge in [0.25, 0.3) is 5.89 Å². The molecule has 0 spiro atoms. The van der Waals surface area contributed by atoms with Gasteiger partial charge in [-0.3, -0.25) is 4.68 Å². The molecule has 1 aliphatic rings. The molecular weight excluding hydrogens is 402 g/mol. The van der Waals surface area contributed by atoms with Crippen LogP contribution in [-0.4, -0.2) is 33.0 Å². The number of nitrogens with zero attached hydrogens (tertiary/aromatic N) is 4. The van der Waals surface area contributed by atoms with Crippen molar-refractivity contribution in [1.29, 1.82) is 0 Å². The van der Waals surface area contributed by atoms with Crippen LogP contribution in [0.2, 0.25) is 0 Å². The summed E-state index contributed by atoms with van der Waals surface area (Å²) in [4.78, 5) is 5.41. The Bertz CT molecular complexity index is 780. The number of hydrogen-bond acceptors (Lipinski definition) is 6. The maximum Gasteiger partial charge on any atom is 0.278 e. The van der Waals surface area contributed by atoms with E-state index in [4.69, 9.17) is 4.52 Å². The fraction of sp³-hybridized carbons (Fsp3) is 0.357. The largest absolute Gasteiger partial charge is 0.332 e. The van der Waals surface area contributed by atoms with Crippen molar-refractivity contribution in [1.82, 2.24) is 25.2 Å². The minimum absolute atomic E-state index is 0. The van der Waals surface area contributed by atoms with Crippen molar-refractivity contribution in [3.05, 3.63) is 28.2 Å². The fourth-order valence-electron chi connectivity index (χ4n) is 2.57. The maximum atomic E-state index is 5.35. The second-order valence-corrected chi connectivity index (χ2v) is 7.06. The predicted molar refractivity (Wildman–Crippen MR) is 94.9 cm³/mol. The predicted octanol–water partition coefficient (Wildman–Crippen LogP) is 3.77. The van der Waals surface area contributed by atoms with Crippen LogP contribution in [0.5, 0.6) is 0 Å². The van der Waals surface area contributed by atoms with E-state index in [1.807, 2.05) is 28.4 Å². The zero-order valence-electron chi connectivity index (χ0n) is 12.1. The third kappa shape index (κ3) is 3.50. The summed E-state index contributed by atoms with van der Waals surface area (Å²) in [5.74, 6) is 1.06. The van der Waals surface area contributed by atoms with Gasteiger partial charge in [0, 0.05) is 22.6 Å². The molecule has 1 atom stereocenters. The molecule has 1 fully saturated rings. The van der Waals surface area contributed by atoms with Gasteiger partial charge in [-0.05, 0) is 47.4 Å². The number of rotatable bonds is 3. The highest BCUT2D eigenvalue weighted by Gasteiger charge is 2.18. The summed E-state index contributed by atoms with van der Waals surface area (Å²) in [6, 6.07) is 4.31. The molecule has 23 heavy (non-hydrogen) atoms. The van der Waals surface area contributed by atoms with E-state index in [2.05, 4.69) is 36.5 Å². The summed E-state index contributed by atoms with van der Waals surface area (Å²) < 4.78 is 8.37. The van der Waals surface area contributed by atoms with Crippen molar-refractivity contribution >= 4 is 39.7 Å². The van der Waals surface area contributed by atoms with Crippen LogP contribution >= 0.6 is 39.7 Å². The van der Waals surface area contributed by atoms with E-state index in [1.54, 1.807) is 11.3 Å². The molecular formula is C14H15BrClN5OS. The van der Waals surface area contributed by atoms with Gasteiger partial charge in [0.15, 0.2) is 5.69 Å². The van der Waals surface area contributed by atoms with Crippen molar-refractivity contribution in [2.75, 3.05) is 13.1 Å². The van der Waals surface area contributed by atoms with E-state index < -0.39 is 0 Å². The highest BCUT2D eigenvalue weighted by molar-refractivity contribution is 9.10. The minimum atomic E-state index is 0. The Morgan fingerprint density at radius 2 is 2.35 bits per heavy atom. The van der Waals surface area contributed by atoms with Crippen LogP contribution in [0.15, 0.2) is 32.7 Å². The van der Waals surface area contributed by atoms with Crippen LogP contribution in [-0.2, 0) is 0 Å². The molecule has 1 N–H and O–H groups in total. The number of hydrogen-bond donors (Lipinski definition) is 1. The highest BCUT2D eigenvalue weighted by atomic mass is 79.9. The van der Waals surface area contributed by atoms with Crippen molar-refractivity contribution in [3.8, 4) is 22.3 Å². The summed E-state index contributed by atoms with van der Waals surface area (Å²) >= 11 is 5.00. The van der Waals surface area contributed by atoms with Gasteiger partial charge < -0.3 is 9.84 Å². The molecule has 0 bridgehead atoms. The molecule has 9 heteroatoms. The van der Waals surface area contributed by atoms with Gasteiger partial charge in [0.05, 0.1) is 10.9 Å². The Morgan fingerprint density at radius 1 is 1.43 bits per heavy atom. The normalized spacial score (nSPS) is 17.9. The van der Waals surface area contributed by atoms with E-state index in [-0.39, 0.29) is 12.4 Å². The Hall–Kier alpha value is -1.22. The van der Waals surface area contributed by atoms with Crippen LogP contribution in [0.3, 0.4) is 0 Å². The van der Waals surface area contributed by atoms with Crippen LogP contribution < -0.4 is 5.32 Å². The second-order valence-electron chi connectivity index (χ2n) is 5.23. The molecule has 3 aromatic heterocycles. The molecule has 0 amide bonds. The first kappa shape index (κ1) is 16.6. The molecule has 1 aliphatic heterocycles. The average Bonchev–Trinajstić information content (AvgIpc) is 3.27. The van der Waals surface area contributed by atoms with Gasteiger partial charge in [-0.25, -0.2) is 0 Å². The SMILES string of the molecule is Brc1csc(-c2noc(-c3ccn(C4CCCNC4)n3)n2)c1.Cl. The highest BCUT2D eigenvalue weighted by Crippen LogP contribution is 2.29. The molecule has 0 saturated carbocycles. The van der Waals surface area contributed by atoms with Gasteiger partial charge in [-0.15, -0.1) is 23.7 Å². The standard InChI is InChI=1S/C14H14BrN5OS.ClH/c15-9-6-12(22-8-9)13-17-14(21-19-13)11-3-5-20(18-11)10-2-1-4-16-7-10;/h3,5-6,8,10,16H,1-2,4,7H2;1H. The average molecular weight is 417 g/mol.